The molecule has 1 aliphatic carbocycles. The Hall–Kier alpha value is -2.02. The molecule has 0 radical (unpaired) electrons. The van der Waals surface area contributed by atoms with Crippen LogP contribution in [0.2, 0.25) is 0 Å². The Bertz CT molecular complexity index is 630. The lowest BCUT2D eigenvalue weighted by Gasteiger charge is -2.29. The van der Waals surface area contributed by atoms with Crippen LogP contribution in [0.4, 0.5) is 0 Å². The molecule has 1 amide bonds. The van der Waals surface area contributed by atoms with Crippen molar-refractivity contribution in [2.75, 3.05) is 40.3 Å². The second kappa shape index (κ2) is 9.96. The lowest BCUT2D eigenvalue weighted by Crippen LogP contribution is -2.44. The lowest BCUT2D eigenvalue weighted by atomic mass is 9.85. The predicted octanol–water partition coefficient (Wildman–Crippen LogP) is 2.18. The van der Waals surface area contributed by atoms with Crippen molar-refractivity contribution in [1.29, 1.82) is 0 Å². The maximum absolute atomic E-state index is 12.8. The minimum atomic E-state index is -0.358. The molecule has 2 N–H and O–H groups in total. The molecule has 7 nitrogen and oxygen atoms in total. The number of aliphatic imine (C=N–C) groups is 1. The van der Waals surface area contributed by atoms with Crippen LogP contribution in [0.3, 0.4) is 0 Å². The number of ether oxygens (including phenoxy) is 1. The van der Waals surface area contributed by atoms with Gasteiger partial charge in [-0.1, -0.05) is 12.8 Å². The third kappa shape index (κ3) is 5.50. The first-order chi connectivity index (χ1) is 13.6. The van der Waals surface area contributed by atoms with Crippen LogP contribution in [0, 0.1) is 5.41 Å². The molecule has 2 heterocycles. The Morgan fingerprint density at radius 2 is 2.11 bits per heavy atom. The van der Waals surface area contributed by atoms with Crippen LogP contribution in [-0.4, -0.2) is 63.2 Å². The van der Waals surface area contributed by atoms with E-state index in [0.29, 0.717) is 6.54 Å². The van der Waals surface area contributed by atoms with E-state index in [2.05, 4.69) is 10.6 Å². The molecule has 7 heteroatoms. The predicted molar refractivity (Wildman–Crippen MR) is 109 cm³/mol. The molecule has 1 aromatic rings. The first-order valence-electron chi connectivity index (χ1n) is 10.5. The van der Waals surface area contributed by atoms with Gasteiger partial charge in [-0.2, -0.15) is 0 Å². The molecule has 28 heavy (non-hydrogen) atoms. The molecule has 1 saturated heterocycles. The molecule has 3 rings (SSSR count). The standard InChI is InChI=1S/C21H34N4O3/c1-25(2)19(26)21(10-3-4-11-21)16-24-20(23-15-18-8-6-14-28-18)22-12-9-17-7-5-13-27-17/h5,7,13,18H,3-4,6,8-12,14-16H2,1-2H3,(H2,22,23,24). The number of hydrogen-bond acceptors (Lipinski definition) is 4. The Balaban J connectivity index is 1.61. The summed E-state index contributed by atoms with van der Waals surface area (Å²) in [4.78, 5) is 19.3. The van der Waals surface area contributed by atoms with Gasteiger partial charge in [-0.25, -0.2) is 0 Å². The molecule has 156 valence electrons. The highest BCUT2D eigenvalue weighted by atomic mass is 16.5. The largest absolute Gasteiger partial charge is 0.469 e. The lowest BCUT2D eigenvalue weighted by molar-refractivity contribution is -0.138. The van der Waals surface area contributed by atoms with Crippen LogP contribution in [0.5, 0.6) is 0 Å². The van der Waals surface area contributed by atoms with E-state index in [1.807, 2.05) is 26.2 Å². The quantitative estimate of drug-likeness (QED) is 0.525. The van der Waals surface area contributed by atoms with Crippen molar-refractivity contribution in [2.24, 2.45) is 10.4 Å². The molecule has 1 aromatic heterocycles. The zero-order valence-electron chi connectivity index (χ0n) is 17.2. The average Bonchev–Trinajstić information content (AvgIpc) is 3.46. The zero-order chi connectivity index (χ0) is 19.8. The van der Waals surface area contributed by atoms with Crippen molar-refractivity contribution < 1.29 is 13.9 Å². The van der Waals surface area contributed by atoms with Gasteiger partial charge in [0.2, 0.25) is 5.91 Å². The fraction of sp³-hybridized carbons (Fsp3) is 0.714. The van der Waals surface area contributed by atoms with Gasteiger partial charge in [0.1, 0.15) is 5.76 Å². The number of amides is 1. The topological polar surface area (TPSA) is 79.1 Å². The van der Waals surface area contributed by atoms with E-state index in [4.69, 9.17) is 14.1 Å². The summed E-state index contributed by atoms with van der Waals surface area (Å²) in [7, 11) is 3.68. The van der Waals surface area contributed by atoms with Crippen LogP contribution in [0.25, 0.3) is 0 Å². The Kier molecular flexibility index (Phi) is 7.36. The van der Waals surface area contributed by atoms with Crippen LogP contribution in [0.1, 0.15) is 44.3 Å². The van der Waals surface area contributed by atoms with E-state index in [9.17, 15) is 4.79 Å². The van der Waals surface area contributed by atoms with E-state index in [1.54, 1.807) is 11.2 Å². The van der Waals surface area contributed by atoms with E-state index in [0.717, 1.165) is 76.4 Å². The number of nitrogens with zero attached hydrogens (tertiary/aromatic N) is 2. The normalized spacial score (nSPS) is 21.6. The molecule has 0 bridgehead atoms. The maximum Gasteiger partial charge on any atom is 0.230 e. The third-order valence-electron chi connectivity index (χ3n) is 5.73. The van der Waals surface area contributed by atoms with Crippen LogP contribution >= 0.6 is 0 Å². The van der Waals surface area contributed by atoms with Crippen molar-refractivity contribution in [2.45, 2.75) is 51.0 Å². The highest BCUT2D eigenvalue weighted by Gasteiger charge is 2.42. The molecule has 1 atom stereocenters. The van der Waals surface area contributed by atoms with E-state index in [-0.39, 0.29) is 17.4 Å². The first-order valence-corrected chi connectivity index (χ1v) is 10.5. The number of carbonyl (C=O) groups excluding carboxylic acids is 1. The van der Waals surface area contributed by atoms with Gasteiger partial charge < -0.3 is 24.7 Å². The number of furan rings is 1. The molecular weight excluding hydrogens is 356 g/mol. The minimum absolute atomic E-state index is 0.197. The number of carbonyl (C=O) groups is 1. The van der Waals surface area contributed by atoms with Gasteiger partial charge in [0, 0.05) is 40.2 Å². The number of guanidine groups is 1. The minimum Gasteiger partial charge on any atom is -0.469 e. The van der Waals surface area contributed by atoms with E-state index in [1.165, 1.54) is 0 Å². The Morgan fingerprint density at radius 1 is 1.29 bits per heavy atom. The Labute approximate surface area is 167 Å². The van der Waals surface area contributed by atoms with Gasteiger partial charge in [-0.3, -0.25) is 9.79 Å². The second-order valence-electron chi connectivity index (χ2n) is 8.12. The van der Waals surface area contributed by atoms with Gasteiger partial charge in [-0.15, -0.1) is 0 Å². The van der Waals surface area contributed by atoms with Crippen molar-refractivity contribution >= 4 is 11.9 Å². The summed E-state index contributed by atoms with van der Waals surface area (Å²) in [5, 5.41) is 6.80. The maximum atomic E-state index is 12.8. The molecule has 2 fully saturated rings. The van der Waals surface area contributed by atoms with Gasteiger partial charge in [-0.05, 0) is 37.8 Å². The van der Waals surface area contributed by atoms with E-state index >= 15 is 0 Å². The monoisotopic (exact) mass is 390 g/mol. The average molecular weight is 391 g/mol. The van der Waals surface area contributed by atoms with Crippen LogP contribution in [-0.2, 0) is 16.0 Å². The fourth-order valence-electron chi connectivity index (χ4n) is 4.15. The molecule has 1 saturated carbocycles. The summed E-state index contributed by atoms with van der Waals surface area (Å²) < 4.78 is 11.1. The smallest absolute Gasteiger partial charge is 0.230 e. The molecule has 0 spiro atoms. The summed E-state index contributed by atoms with van der Waals surface area (Å²) in [5.41, 5.74) is -0.358. The summed E-state index contributed by atoms with van der Waals surface area (Å²) in [5.74, 6) is 1.89. The molecule has 2 aliphatic rings. The van der Waals surface area contributed by atoms with Crippen molar-refractivity contribution in [3.63, 3.8) is 0 Å². The summed E-state index contributed by atoms with van der Waals surface area (Å²) >= 11 is 0. The van der Waals surface area contributed by atoms with Gasteiger partial charge in [0.15, 0.2) is 5.96 Å². The number of nitrogens with one attached hydrogen (secondary N) is 2. The summed E-state index contributed by atoms with van der Waals surface area (Å²) in [6.07, 6.45) is 8.94. The molecular formula is C21H34N4O3. The highest BCUT2D eigenvalue weighted by Crippen LogP contribution is 2.39. The van der Waals surface area contributed by atoms with Crippen molar-refractivity contribution in [3.8, 4) is 0 Å². The van der Waals surface area contributed by atoms with Gasteiger partial charge in [0.25, 0.3) is 0 Å². The van der Waals surface area contributed by atoms with Gasteiger partial charge >= 0.3 is 0 Å². The first kappa shape index (κ1) is 20.7. The van der Waals surface area contributed by atoms with Crippen molar-refractivity contribution in [3.05, 3.63) is 24.2 Å². The number of rotatable bonds is 8. The summed E-state index contributed by atoms with van der Waals surface area (Å²) in [6, 6.07) is 3.87. The van der Waals surface area contributed by atoms with Crippen molar-refractivity contribution in [1.82, 2.24) is 15.5 Å². The van der Waals surface area contributed by atoms with Crippen LogP contribution < -0.4 is 10.6 Å². The second-order valence-corrected chi connectivity index (χ2v) is 8.12. The highest BCUT2D eigenvalue weighted by molar-refractivity contribution is 5.84. The Morgan fingerprint density at radius 3 is 2.75 bits per heavy atom. The zero-order valence-corrected chi connectivity index (χ0v) is 17.2. The molecule has 1 aliphatic heterocycles. The van der Waals surface area contributed by atoms with Crippen LogP contribution in [0.15, 0.2) is 27.8 Å². The SMILES string of the molecule is CN(C)C(=O)C1(CN=C(NCCc2ccco2)NCC2CCCO2)CCCC1. The third-order valence-corrected chi connectivity index (χ3v) is 5.73. The summed E-state index contributed by atoms with van der Waals surface area (Å²) in [6.45, 7) is 2.82. The fourth-order valence-corrected chi connectivity index (χ4v) is 4.15. The van der Waals surface area contributed by atoms with E-state index < -0.39 is 0 Å². The number of hydrogen-bond donors (Lipinski definition) is 2. The van der Waals surface area contributed by atoms with Gasteiger partial charge in [0.05, 0.1) is 24.3 Å². The molecule has 1 unspecified atom stereocenters. The molecule has 0 aromatic carbocycles.